The molecule has 0 spiro atoms. The Morgan fingerprint density at radius 3 is 2.56 bits per heavy atom. The van der Waals surface area contributed by atoms with E-state index in [1.807, 2.05) is 25.1 Å². The Hall–Kier alpha value is -4.06. The Labute approximate surface area is 197 Å². The molecular formula is C28H24FN3O2. The summed E-state index contributed by atoms with van der Waals surface area (Å²) in [7, 11) is 0. The summed E-state index contributed by atoms with van der Waals surface area (Å²) in [6, 6.07) is 17.1. The Balaban J connectivity index is 1.84. The quantitative estimate of drug-likeness (QED) is 0.471. The summed E-state index contributed by atoms with van der Waals surface area (Å²) in [5.41, 5.74) is 3.73. The summed E-state index contributed by atoms with van der Waals surface area (Å²) in [6.45, 7) is 1.95. The van der Waals surface area contributed by atoms with E-state index < -0.39 is 11.7 Å². The molecule has 6 heteroatoms. The lowest BCUT2D eigenvalue weighted by Gasteiger charge is -2.41. The topological polar surface area (TPSA) is 77.3 Å². The van der Waals surface area contributed by atoms with Gasteiger partial charge in [-0.2, -0.15) is 0 Å². The predicted molar refractivity (Wildman–Crippen MR) is 130 cm³/mol. The van der Waals surface area contributed by atoms with Crippen molar-refractivity contribution in [3.63, 3.8) is 0 Å². The van der Waals surface area contributed by atoms with Gasteiger partial charge < -0.3 is 5.11 Å². The van der Waals surface area contributed by atoms with E-state index in [1.54, 1.807) is 53.7 Å². The molecule has 0 saturated heterocycles. The molecule has 0 saturated carbocycles. The highest BCUT2D eigenvalue weighted by molar-refractivity contribution is 6.19. The van der Waals surface area contributed by atoms with Crippen molar-refractivity contribution in [2.75, 3.05) is 4.90 Å². The van der Waals surface area contributed by atoms with Crippen molar-refractivity contribution in [1.82, 2.24) is 4.98 Å². The summed E-state index contributed by atoms with van der Waals surface area (Å²) in [5.74, 6) is -1.59. The van der Waals surface area contributed by atoms with Crippen LogP contribution in [0.2, 0.25) is 0 Å². The van der Waals surface area contributed by atoms with Gasteiger partial charge in [0, 0.05) is 46.5 Å². The highest BCUT2D eigenvalue weighted by Crippen LogP contribution is 2.48. The van der Waals surface area contributed by atoms with Gasteiger partial charge in [0.1, 0.15) is 17.4 Å². The van der Waals surface area contributed by atoms with Gasteiger partial charge in [-0.25, -0.2) is 4.39 Å². The number of amidine groups is 1. The van der Waals surface area contributed by atoms with Crippen molar-refractivity contribution in [1.29, 1.82) is 5.41 Å². The molecule has 2 N–H and O–H groups in total. The van der Waals surface area contributed by atoms with Crippen LogP contribution >= 0.6 is 0 Å². The van der Waals surface area contributed by atoms with E-state index in [9.17, 15) is 15.3 Å². The van der Waals surface area contributed by atoms with Crippen molar-refractivity contribution < 1.29 is 14.3 Å². The van der Waals surface area contributed by atoms with E-state index in [-0.39, 0.29) is 28.5 Å². The molecule has 1 aliphatic heterocycles. The number of halogens is 1. The third-order valence-electron chi connectivity index (χ3n) is 6.46. The first kappa shape index (κ1) is 21.8. The number of aromatic nitrogens is 1. The summed E-state index contributed by atoms with van der Waals surface area (Å²) >= 11 is 0. The van der Waals surface area contributed by atoms with E-state index in [0.29, 0.717) is 41.8 Å². The molecule has 0 radical (unpaired) electrons. The van der Waals surface area contributed by atoms with E-state index >= 15 is 4.39 Å². The van der Waals surface area contributed by atoms with Crippen LogP contribution in [0, 0.1) is 18.2 Å². The zero-order valence-electron chi connectivity index (χ0n) is 18.8. The molecule has 2 heterocycles. The van der Waals surface area contributed by atoms with Gasteiger partial charge in [0.25, 0.3) is 0 Å². The lowest BCUT2D eigenvalue weighted by Crippen LogP contribution is -2.42. The number of benzene rings is 2. The minimum absolute atomic E-state index is 0.00720. The number of hydrogen-bond donors (Lipinski definition) is 2. The third-order valence-corrected chi connectivity index (χ3v) is 6.46. The van der Waals surface area contributed by atoms with Crippen LogP contribution in [0.5, 0.6) is 0 Å². The second-order valence-corrected chi connectivity index (χ2v) is 8.62. The monoisotopic (exact) mass is 453 g/mol. The van der Waals surface area contributed by atoms with E-state index in [1.165, 1.54) is 6.07 Å². The molecule has 0 amide bonds. The minimum atomic E-state index is -0.884. The molecule has 5 nitrogen and oxygen atoms in total. The van der Waals surface area contributed by atoms with E-state index in [0.717, 1.165) is 5.56 Å². The maximum atomic E-state index is 15.2. The molecule has 0 fully saturated rings. The summed E-state index contributed by atoms with van der Waals surface area (Å²) in [5, 5.41) is 20.7. The molecule has 3 aromatic rings. The van der Waals surface area contributed by atoms with Gasteiger partial charge >= 0.3 is 0 Å². The van der Waals surface area contributed by atoms with Crippen LogP contribution < -0.4 is 4.90 Å². The number of hydrogen-bond acceptors (Lipinski definition) is 4. The number of nitrogens with one attached hydrogen (secondary N) is 1. The van der Waals surface area contributed by atoms with Crippen LogP contribution in [0.3, 0.4) is 0 Å². The molecule has 170 valence electrons. The lowest BCUT2D eigenvalue weighted by molar-refractivity contribution is -0.116. The second kappa shape index (κ2) is 8.71. The van der Waals surface area contributed by atoms with Gasteiger partial charge in [-0.05, 0) is 38.0 Å². The fraction of sp³-hybridized carbons (Fsp3) is 0.179. The first-order valence-corrected chi connectivity index (χ1v) is 11.3. The Bertz CT molecular complexity index is 1340. The van der Waals surface area contributed by atoms with Crippen molar-refractivity contribution in [3.8, 4) is 0 Å². The number of anilines is 1. The zero-order valence-corrected chi connectivity index (χ0v) is 18.8. The Kier molecular flexibility index (Phi) is 5.57. The average Bonchev–Trinajstić information content (AvgIpc) is 2.84. The van der Waals surface area contributed by atoms with Gasteiger partial charge in [-0.3, -0.25) is 20.1 Å². The molecule has 1 atom stereocenters. The Morgan fingerprint density at radius 1 is 1.09 bits per heavy atom. The highest BCUT2D eigenvalue weighted by atomic mass is 19.1. The number of aliphatic hydroxyl groups excluding tert-OH is 1. The highest BCUT2D eigenvalue weighted by Gasteiger charge is 2.44. The number of carbonyl (C=O) groups excluding carboxylic acids is 1. The zero-order chi connectivity index (χ0) is 23.8. The second-order valence-electron chi connectivity index (χ2n) is 8.62. The van der Waals surface area contributed by atoms with Crippen LogP contribution in [0.25, 0.3) is 5.76 Å². The van der Waals surface area contributed by atoms with Crippen LogP contribution in [0.15, 0.2) is 89.9 Å². The van der Waals surface area contributed by atoms with E-state index in [4.69, 9.17) is 0 Å². The van der Waals surface area contributed by atoms with Gasteiger partial charge in [0.2, 0.25) is 0 Å². The fourth-order valence-electron chi connectivity index (χ4n) is 4.85. The number of nitrogens with zero attached hydrogens (tertiary/aromatic N) is 2. The fourth-order valence-corrected chi connectivity index (χ4v) is 4.85. The van der Waals surface area contributed by atoms with Crippen molar-refractivity contribution in [3.05, 3.63) is 112 Å². The molecule has 2 aromatic carbocycles. The largest absolute Gasteiger partial charge is 0.507 e. The lowest BCUT2D eigenvalue weighted by atomic mass is 9.73. The van der Waals surface area contributed by atoms with Gasteiger partial charge in [0.15, 0.2) is 5.78 Å². The number of Topliss-reactive ketones (excluding diaryl/α,β-unsaturated/α-hetero) is 1. The maximum absolute atomic E-state index is 15.2. The van der Waals surface area contributed by atoms with Crippen LogP contribution in [-0.2, 0) is 4.79 Å². The maximum Gasteiger partial charge on any atom is 0.161 e. The predicted octanol–water partition coefficient (Wildman–Crippen LogP) is 6.09. The SMILES string of the molecule is Cc1ccc(/C(O)=C2\C(=N)N(c3cccnc3)C3=C(C(=O)CCC3)C2c2ccccc2F)cc1. The van der Waals surface area contributed by atoms with Crippen molar-refractivity contribution in [2.45, 2.75) is 32.1 Å². The van der Waals surface area contributed by atoms with Crippen LogP contribution in [0.1, 0.15) is 41.9 Å². The summed E-state index contributed by atoms with van der Waals surface area (Å²) in [4.78, 5) is 19.2. The molecule has 2 aliphatic rings. The molecule has 5 rings (SSSR count). The summed E-state index contributed by atoms with van der Waals surface area (Å²) < 4.78 is 15.2. The number of pyridine rings is 1. The molecular weight excluding hydrogens is 429 g/mol. The Morgan fingerprint density at radius 2 is 1.85 bits per heavy atom. The minimum Gasteiger partial charge on any atom is -0.507 e. The average molecular weight is 454 g/mol. The molecule has 0 bridgehead atoms. The van der Waals surface area contributed by atoms with Crippen molar-refractivity contribution >= 4 is 23.1 Å². The number of ketones is 1. The first-order valence-electron chi connectivity index (χ1n) is 11.3. The third kappa shape index (κ3) is 3.61. The number of rotatable bonds is 3. The normalized spacial score (nSPS) is 19.8. The molecule has 1 aliphatic carbocycles. The standard InChI is InChI=1S/C28H24FN3O2/c1-17-11-13-18(14-12-17)27(34)26-24(20-7-2-3-8-21(20)29)25-22(9-4-10-23(25)33)32(28(26)30)19-6-5-15-31-16-19/h2-3,5-8,11-16,24,30,34H,4,9-10H2,1H3/b27-26+,30-28?. The number of allylic oxidation sites excluding steroid dienone is 2. The number of aliphatic hydroxyl groups is 1. The number of carbonyl (C=O) groups is 1. The first-order chi connectivity index (χ1) is 16.5. The van der Waals surface area contributed by atoms with Crippen molar-refractivity contribution in [2.24, 2.45) is 0 Å². The van der Waals surface area contributed by atoms with Gasteiger partial charge in [-0.1, -0.05) is 48.0 Å². The van der Waals surface area contributed by atoms with Gasteiger partial charge in [-0.15, -0.1) is 0 Å². The molecule has 34 heavy (non-hydrogen) atoms. The van der Waals surface area contributed by atoms with Crippen LogP contribution in [-0.4, -0.2) is 21.7 Å². The van der Waals surface area contributed by atoms with Gasteiger partial charge in [0.05, 0.1) is 11.9 Å². The van der Waals surface area contributed by atoms with Crippen LogP contribution in [0.4, 0.5) is 10.1 Å². The van der Waals surface area contributed by atoms with E-state index in [2.05, 4.69) is 4.98 Å². The molecule has 1 aromatic heterocycles. The number of aryl methyl sites for hydroxylation is 1. The summed E-state index contributed by atoms with van der Waals surface area (Å²) in [6.07, 6.45) is 4.83. The smallest absolute Gasteiger partial charge is 0.161 e. The molecule has 1 unspecified atom stereocenters.